The first-order chi connectivity index (χ1) is 11.5. The molecule has 1 unspecified atom stereocenters. The van der Waals surface area contributed by atoms with Gasteiger partial charge in [0.25, 0.3) is 0 Å². The Hall–Kier alpha value is -2.44. The lowest BCUT2D eigenvalue weighted by Gasteiger charge is -2.21. The molecule has 128 valence electrons. The first kappa shape index (κ1) is 16.4. The van der Waals surface area contributed by atoms with Crippen LogP contribution in [0.15, 0.2) is 42.6 Å². The Balaban J connectivity index is 1.64. The molecule has 0 bridgehead atoms. The van der Waals surface area contributed by atoms with E-state index in [4.69, 9.17) is 4.74 Å². The van der Waals surface area contributed by atoms with Crippen LogP contribution in [0.4, 0.5) is 24.5 Å². The van der Waals surface area contributed by atoms with E-state index >= 15 is 0 Å². The van der Waals surface area contributed by atoms with E-state index in [0.29, 0.717) is 6.54 Å². The molecule has 2 aromatic rings. The number of pyridine rings is 1. The Labute approximate surface area is 138 Å². The van der Waals surface area contributed by atoms with E-state index in [-0.39, 0.29) is 12.0 Å². The predicted octanol–water partition coefficient (Wildman–Crippen LogP) is 3.80. The average molecular weight is 337 g/mol. The first-order valence-corrected chi connectivity index (χ1v) is 7.69. The van der Waals surface area contributed by atoms with E-state index in [0.717, 1.165) is 36.6 Å². The fraction of sp³-hybridized carbons (Fsp3) is 0.353. The highest BCUT2D eigenvalue weighted by molar-refractivity contribution is 5.70. The zero-order valence-electron chi connectivity index (χ0n) is 13.2. The topological polar surface area (TPSA) is 37.4 Å². The summed E-state index contributed by atoms with van der Waals surface area (Å²) in [5.74, 6) is 0.219. The fourth-order valence-electron chi connectivity index (χ4n) is 2.79. The molecule has 4 nitrogen and oxygen atoms in total. The SMILES string of the molecule is CNc1ccccc1N1CCC(Oc2ccc(C(F)(F)F)cn2)C1. The average Bonchev–Trinajstić information content (AvgIpc) is 3.03. The van der Waals surface area contributed by atoms with Gasteiger partial charge in [0.05, 0.1) is 23.5 Å². The number of nitrogens with one attached hydrogen (secondary N) is 1. The summed E-state index contributed by atoms with van der Waals surface area (Å²) in [6, 6.07) is 10.2. The number of aromatic nitrogens is 1. The van der Waals surface area contributed by atoms with Crippen LogP contribution in [-0.4, -0.2) is 31.2 Å². The smallest absolute Gasteiger partial charge is 0.417 e. The Kier molecular flexibility index (Phi) is 4.51. The highest BCUT2D eigenvalue weighted by Crippen LogP contribution is 2.31. The van der Waals surface area contributed by atoms with Crippen molar-refractivity contribution in [3.63, 3.8) is 0 Å². The zero-order valence-corrected chi connectivity index (χ0v) is 13.2. The quantitative estimate of drug-likeness (QED) is 0.921. The van der Waals surface area contributed by atoms with Crippen molar-refractivity contribution in [2.45, 2.75) is 18.7 Å². The van der Waals surface area contributed by atoms with Gasteiger partial charge in [-0.2, -0.15) is 13.2 Å². The summed E-state index contributed by atoms with van der Waals surface area (Å²) in [5, 5.41) is 3.16. The number of nitrogens with zero attached hydrogens (tertiary/aromatic N) is 2. The van der Waals surface area contributed by atoms with Crippen molar-refractivity contribution in [2.75, 3.05) is 30.4 Å². The molecule has 1 saturated heterocycles. The van der Waals surface area contributed by atoms with Gasteiger partial charge < -0.3 is 15.0 Å². The molecule has 0 aliphatic carbocycles. The number of ether oxygens (including phenoxy) is 1. The zero-order chi connectivity index (χ0) is 17.2. The largest absolute Gasteiger partial charge is 0.472 e. The summed E-state index contributed by atoms with van der Waals surface area (Å²) in [4.78, 5) is 5.96. The molecule has 2 heterocycles. The highest BCUT2D eigenvalue weighted by Gasteiger charge is 2.31. The van der Waals surface area contributed by atoms with Crippen molar-refractivity contribution in [1.82, 2.24) is 4.98 Å². The lowest BCUT2D eigenvalue weighted by molar-refractivity contribution is -0.137. The Morgan fingerprint density at radius 3 is 2.67 bits per heavy atom. The van der Waals surface area contributed by atoms with Gasteiger partial charge in [0.1, 0.15) is 6.10 Å². The molecule has 1 aromatic carbocycles. The van der Waals surface area contributed by atoms with Crippen molar-refractivity contribution in [2.24, 2.45) is 0 Å². The van der Waals surface area contributed by atoms with Gasteiger partial charge in [-0.05, 0) is 18.2 Å². The highest BCUT2D eigenvalue weighted by atomic mass is 19.4. The van der Waals surface area contributed by atoms with Crippen LogP contribution in [0.1, 0.15) is 12.0 Å². The van der Waals surface area contributed by atoms with E-state index < -0.39 is 11.7 Å². The minimum Gasteiger partial charge on any atom is -0.472 e. The molecule has 1 N–H and O–H groups in total. The molecular formula is C17H18F3N3O. The van der Waals surface area contributed by atoms with Gasteiger partial charge >= 0.3 is 6.18 Å². The molecule has 1 aliphatic heterocycles. The standard InChI is InChI=1S/C17H18F3N3O/c1-21-14-4-2-3-5-15(14)23-9-8-13(11-23)24-16-7-6-12(10-22-16)17(18,19)20/h2-7,10,13,21H,8-9,11H2,1H3. The first-order valence-electron chi connectivity index (χ1n) is 7.69. The van der Waals surface area contributed by atoms with Gasteiger partial charge in [0.2, 0.25) is 5.88 Å². The summed E-state index contributed by atoms with van der Waals surface area (Å²) in [5.41, 5.74) is 1.35. The number of rotatable bonds is 4. The molecule has 0 amide bonds. The minimum atomic E-state index is -4.38. The van der Waals surface area contributed by atoms with Gasteiger partial charge in [-0.1, -0.05) is 12.1 Å². The number of para-hydroxylation sites is 2. The Morgan fingerprint density at radius 2 is 2.00 bits per heavy atom. The molecule has 1 fully saturated rings. The summed E-state index contributed by atoms with van der Waals surface area (Å²) in [7, 11) is 1.87. The Morgan fingerprint density at radius 1 is 1.21 bits per heavy atom. The minimum absolute atomic E-state index is 0.0980. The normalized spacial score (nSPS) is 17.8. The molecule has 1 aromatic heterocycles. The molecule has 0 spiro atoms. The Bertz CT molecular complexity index is 688. The molecule has 1 atom stereocenters. The predicted molar refractivity (Wildman–Crippen MR) is 86.5 cm³/mol. The summed E-state index contributed by atoms with van der Waals surface area (Å²) in [6.07, 6.45) is -2.88. The molecule has 1 aliphatic rings. The summed E-state index contributed by atoms with van der Waals surface area (Å²) < 4.78 is 43.4. The lowest BCUT2D eigenvalue weighted by atomic mass is 10.2. The maximum Gasteiger partial charge on any atom is 0.417 e. The second kappa shape index (κ2) is 6.59. The van der Waals surface area contributed by atoms with Crippen molar-refractivity contribution in [3.05, 3.63) is 48.2 Å². The van der Waals surface area contributed by atoms with Crippen molar-refractivity contribution in [1.29, 1.82) is 0 Å². The second-order valence-electron chi connectivity index (χ2n) is 5.62. The molecule has 0 saturated carbocycles. The molecular weight excluding hydrogens is 319 g/mol. The third-order valence-electron chi connectivity index (χ3n) is 4.01. The molecule has 3 rings (SSSR count). The van der Waals surface area contributed by atoms with Crippen LogP contribution >= 0.6 is 0 Å². The maximum absolute atomic E-state index is 12.5. The second-order valence-corrected chi connectivity index (χ2v) is 5.62. The summed E-state index contributed by atoms with van der Waals surface area (Å²) >= 11 is 0. The number of hydrogen-bond acceptors (Lipinski definition) is 4. The molecule has 24 heavy (non-hydrogen) atoms. The van der Waals surface area contributed by atoms with Crippen molar-refractivity contribution in [3.8, 4) is 5.88 Å². The molecule has 7 heteroatoms. The maximum atomic E-state index is 12.5. The van der Waals surface area contributed by atoms with Crippen LogP contribution in [0, 0.1) is 0 Å². The summed E-state index contributed by atoms with van der Waals surface area (Å²) in [6.45, 7) is 1.49. The number of hydrogen-bond donors (Lipinski definition) is 1. The van der Waals surface area contributed by atoms with E-state index in [1.165, 1.54) is 6.07 Å². The van der Waals surface area contributed by atoms with E-state index in [1.54, 1.807) is 0 Å². The van der Waals surface area contributed by atoms with Crippen molar-refractivity contribution >= 4 is 11.4 Å². The van der Waals surface area contributed by atoms with Gasteiger partial charge in [-0.3, -0.25) is 0 Å². The van der Waals surface area contributed by atoms with E-state index in [1.807, 2.05) is 31.3 Å². The number of halogens is 3. The third kappa shape index (κ3) is 3.55. The van der Waals surface area contributed by atoms with Crippen LogP contribution in [-0.2, 0) is 6.18 Å². The van der Waals surface area contributed by atoms with Crippen LogP contribution in [0.25, 0.3) is 0 Å². The van der Waals surface area contributed by atoms with Crippen LogP contribution in [0.5, 0.6) is 5.88 Å². The van der Waals surface area contributed by atoms with Crippen molar-refractivity contribution < 1.29 is 17.9 Å². The fourth-order valence-corrected chi connectivity index (χ4v) is 2.79. The van der Waals surface area contributed by atoms with Gasteiger partial charge in [-0.15, -0.1) is 0 Å². The van der Waals surface area contributed by atoms with Gasteiger partial charge in [0.15, 0.2) is 0 Å². The lowest BCUT2D eigenvalue weighted by Crippen LogP contribution is -2.25. The number of anilines is 2. The van der Waals surface area contributed by atoms with Crippen LogP contribution in [0.2, 0.25) is 0 Å². The number of alkyl halides is 3. The van der Waals surface area contributed by atoms with Crippen LogP contribution < -0.4 is 15.0 Å². The van der Waals surface area contributed by atoms with Crippen LogP contribution in [0.3, 0.4) is 0 Å². The van der Waals surface area contributed by atoms with Gasteiger partial charge in [0, 0.05) is 32.3 Å². The van der Waals surface area contributed by atoms with E-state index in [9.17, 15) is 13.2 Å². The van der Waals surface area contributed by atoms with Gasteiger partial charge in [-0.25, -0.2) is 4.98 Å². The number of benzene rings is 1. The monoisotopic (exact) mass is 337 g/mol. The van der Waals surface area contributed by atoms with E-state index in [2.05, 4.69) is 15.2 Å². The third-order valence-corrected chi connectivity index (χ3v) is 4.01. The molecule has 0 radical (unpaired) electrons.